The third-order valence-corrected chi connectivity index (χ3v) is 4.85. The van der Waals surface area contributed by atoms with E-state index < -0.39 is 0 Å². The third-order valence-electron chi connectivity index (χ3n) is 4.85. The van der Waals surface area contributed by atoms with Gasteiger partial charge < -0.3 is 14.5 Å². The molecule has 0 radical (unpaired) electrons. The molecule has 1 aliphatic heterocycles. The van der Waals surface area contributed by atoms with Crippen molar-refractivity contribution in [3.8, 4) is 0 Å². The number of hydrogen-bond donors (Lipinski definition) is 0. The van der Waals surface area contributed by atoms with Crippen molar-refractivity contribution < 1.29 is 14.3 Å². The highest BCUT2D eigenvalue weighted by atomic mass is 16.5. The molecule has 1 aromatic heterocycles. The van der Waals surface area contributed by atoms with Gasteiger partial charge in [0.2, 0.25) is 5.91 Å². The second kappa shape index (κ2) is 7.64. The standard InChI is InChI=1S/C18H25N3O3/c1-2-24-18(23)15-7-8-16(19-11-15)20-9-10-21(17(22)13-20)12-14-5-3-4-6-14/h7-8,11,14H,2-6,9-10,12-13H2,1H3. The van der Waals surface area contributed by atoms with Gasteiger partial charge >= 0.3 is 5.97 Å². The lowest BCUT2D eigenvalue weighted by atomic mass is 10.1. The van der Waals surface area contributed by atoms with E-state index in [1.807, 2.05) is 9.80 Å². The number of pyridine rings is 1. The Balaban J connectivity index is 1.57. The van der Waals surface area contributed by atoms with Crippen LogP contribution in [0.25, 0.3) is 0 Å². The van der Waals surface area contributed by atoms with E-state index in [9.17, 15) is 9.59 Å². The van der Waals surface area contributed by atoms with Crippen molar-refractivity contribution in [1.82, 2.24) is 9.88 Å². The molecular formula is C18H25N3O3. The molecule has 2 heterocycles. The van der Waals surface area contributed by atoms with E-state index >= 15 is 0 Å². The molecule has 1 amide bonds. The summed E-state index contributed by atoms with van der Waals surface area (Å²) in [5.74, 6) is 1.22. The maximum atomic E-state index is 12.4. The first kappa shape index (κ1) is 16.7. The number of carbonyl (C=O) groups is 2. The van der Waals surface area contributed by atoms with Crippen molar-refractivity contribution in [2.45, 2.75) is 32.6 Å². The van der Waals surface area contributed by atoms with Gasteiger partial charge in [-0.3, -0.25) is 4.79 Å². The Kier molecular flexibility index (Phi) is 5.33. The second-order valence-corrected chi connectivity index (χ2v) is 6.54. The second-order valence-electron chi connectivity index (χ2n) is 6.54. The fourth-order valence-corrected chi connectivity index (χ4v) is 3.51. The molecule has 1 saturated heterocycles. The molecule has 1 aliphatic carbocycles. The van der Waals surface area contributed by atoms with Crippen molar-refractivity contribution in [2.75, 3.05) is 37.7 Å². The van der Waals surface area contributed by atoms with E-state index in [2.05, 4.69) is 4.98 Å². The van der Waals surface area contributed by atoms with Gasteiger partial charge in [-0.15, -0.1) is 0 Å². The lowest BCUT2D eigenvalue weighted by Crippen LogP contribution is -2.51. The smallest absolute Gasteiger partial charge is 0.339 e. The molecule has 1 saturated carbocycles. The lowest BCUT2D eigenvalue weighted by molar-refractivity contribution is -0.131. The summed E-state index contributed by atoms with van der Waals surface area (Å²) in [6.07, 6.45) is 6.63. The number of anilines is 1. The van der Waals surface area contributed by atoms with Gasteiger partial charge in [-0.2, -0.15) is 0 Å². The molecule has 130 valence electrons. The van der Waals surface area contributed by atoms with Crippen LogP contribution in [0.3, 0.4) is 0 Å². The van der Waals surface area contributed by atoms with E-state index in [1.54, 1.807) is 19.1 Å². The highest BCUT2D eigenvalue weighted by molar-refractivity contribution is 5.89. The Bertz CT molecular complexity index is 582. The SMILES string of the molecule is CCOC(=O)c1ccc(N2CCN(CC3CCCC3)C(=O)C2)nc1. The Morgan fingerprint density at radius 2 is 2.08 bits per heavy atom. The van der Waals surface area contributed by atoms with Crippen molar-refractivity contribution in [1.29, 1.82) is 0 Å². The van der Waals surface area contributed by atoms with Crippen molar-refractivity contribution in [3.63, 3.8) is 0 Å². The molecule has 2 aliphatic rings. The normalized spacial score (nSPS) is 19.0. The van der Waals surface area contributed by atoms with Crippen LogP contribution in [-0.4, -0.2) is 54.5 Å². The van der Waals surface area contributed by atoms with Gasteiger partial charge in [0.1, 0.15) is 5.82 Å². The number of ether oxygens (including phenoxy) is 1. The van der Waals surface area contributed by atoms with Crippen LogP contribution in [0.4, 0.5) is 5.82 Å². The molecule has 24 heavy (non-hydrogen) atoms. The molecule has 6 nitrogen and oxygen atoms in total. The van der Waals surface area contributed by atoms with Crippen LogP contribution in [0.2, 0.25) is 0 Å². The van der Waals surface area contributed by atoms with E-state index in [-0.39, 0.29) is 11.9 Å². The molecule has 0 N–H and O–H groups in total. The monoisotopic (exact) mass is 331 g/mol. The molecule has 0 bridgehead atoms. The van der Waals surface area contributed by atoms with Crippen LogP contribution in [-0.2, 0) is 9.53 Å². The largest absolute Gasteiger partial charge is 0.462 e. The molecule has 0 spiro atoms. The van der Waals surface area contributed by atoms with Crippen molar-refractivity contribution in [2.24, 2.45) is 5.92 Å². The summed E-state index contributed by atoms with van der Waals surface area (Å²) in [6.45, 7) is 4.91. The summed E-state index contributed by atoms with van der Waals surface area (Å²) in [6, 6.07) is 3.49. The number of hydrogen-bond acceptors (Lipinski definition) is 5. The minimum Gasteiger partial charge on any atom is -0.462 e. The Morgan fingerprint density at radius 1 is 1.29 bits per heavy atom. The Hall–Kier alpha value is -2.11. The fraction of sp³-hybridized carbons (Fsp3) is 0.611. The van der Waals surface area contributed by atoms with Crippen LogP contribution in [0.5, 0.6) is 0 Å². The van der Waals surface area contributed by atoms with Gasteiger partial charge in [0.25, 0.3) is 0 Å². The van der Waals surface area contributed by atoms with Crippen LogP contribution < -0.4 is 4.90 Å². The maximum absolute atomic E-state index is 12.4. The first-order valence-electron chi connectivity index (χ1n) is 8.83. The number of rotatable bonds is 5. The zero-order chi connectivity index (χ0) is 16.9. The topological polar surface area (TPSA) is 62.7 Å². The number of amides is 1. The van der Waals surface area contributed by atoms with Gasteiger partial charge in [0.15, 0.2) is 0 Å². The number of esters is 1. The molecular weight excluding hydrogens is 306 g/mol. The van der Waals surface area contributed by atoms with E-state index in [4.69, 9.17) is 4.74 Å². The van der Waals surface area contributed by atoms with Gasteiger partial charge in [-0.25, -0.2) is 9.78 Å². The summed E-state index contributed by atoms with van der Waals surface area (Å²) in [4.78, 5) is 32.4. The average Bonchev–Trinajstić information content (AvgIpc) is 3.10. The van der Waals surface area contributed by atoms with E-state index in [1.165, 1.54) is 31.9 Å². The molecule has 6 heteroatoms. The highest BCUT2D eigenvalue weighted by Crippen LogP contribution is 2.26. The van der Waals surface area contributed by atoms with Crippen molar-refractivity contribution >= 4 is 17.7 Å². The number of piperazine rings is 1. The zero-order valence-corrected chi connectivity index (χ0v) is 14.2. The molecule has 0 unspecified atom stereocenters. The van der Waals surface area contributed by atoms with Gasteiger partial charge in [0.05, 0.1) is 18.7 Å². The minimum absolute atomic E-state index is 0.171. The average molecular weight is 331 g/mol. The zero-order valence-electron chi connectivity index (χ0n) is 14.2. The fourth-order valence-electron chi connectivity index (χ4n) is 3.51. The molecule has 0 atom stereocenters. The van der Waals surface area contributed by atoms with Crippen LogP contribution in [0, 0.1) is 5.92 Å². The summed E-state index contributed by atoms with van der Waals surface area (Å²) in [5, 5.41) is 0. The Morgan fingerprint density at radius 3 is 2.71 bits per heavy atom. The minimum atomic E-state index is -0.367. The van der Waals surface area contributed by atoms with E-state index in [0.29, 0.717) is 24.6 Å². The number of nitrogens with zero attached hydrogens (tertiary/aromatic N) is 3. The molecule has 0 aromatic carbocycles. The maximum Gasteiger partial charge on any atom is 0.339 e. The third kappa shape index (κ3) is 3.86. The number of aromatic nitrogens is 1. The highest BCUT2D eigenvalue weighted by Gasteiger charge is 2.27. The summed E-state index contributed by atoms with van der Waals surface area (Å²) >= 11 is 0. The molecule has 3 rings (SSSR count). The van der Waals surface area contributed by atoms with Crippen LogP contribution in [0.1, 0.15) is 43.0 Å². The van der Waals surface area contributed by atoms with Crippen LogP contribution in [0.15, 0.2) is 18.3 Å². The predicted molar refractivity (Wildman–Crippen MR) is 90.9 cm³/mol. The summed E-state index contributed by atoms with van der Waals surface area (Å²) < 4.78 is 4.95. The summed E-state index contributed by atoms with van der Waals surface area (Å²) in [5.41, 5.74) is 0.437. The predicted octanol–water partition coefficient (Wildman–Crippen LogP) is 2.10. The van der Waals surface area contributed by atoms with Crippen molar-refractivity contribution in [3.05, 3.63) is 23.9 Å². The quantitative estimate of drug-likeness (QED) is 0.773. The molecule has 2 fully saturated rings. The van der Waals surface area contributed by atoms with Gasteiger partial charge in [0, 0.05) is 25.8 Å². The number of carbonyl (C=O) groups excluding carboxylic acids is 2. The van der Waals surface area contributed by atoms with Gasteiger partial charge in [-0.05, 0) is 37.8 Å². The molecule has 1 aromatic rings. The van der Waals surface area contributed by atoms with E-state index in [0.717, 1.165) is 25.5 Å². The van der Waals surface area contributed by atoms with Crippen LogP contribution >= 0.6 is 0 Å². The summed E-state index contributed by atoms with van der Waals surface area (Å²) in [7, 11) is 0. The first-order chi connectivity index (χ1) is 11.7. The first-order valence-corrected chi connectivity index (χ1v) is 8.83. The lowest BCUT2D eigenvalue weighted by Gasteiger charge is -2.36. The van der Waals surface area contributed by atoms with Gasteiger partial charge in [-0.1, -0.05) is 12.8 Å². The Labute approximate surface area is 142 Å².